The summed E-state index contributed by atoms with van der Waals surface area (Å²) in [6.45, 7) is 9.27. The highest BCUT2D eigenvalue weighted by molar-refractivity contribution is 6.05. The number of carbonyl (C=O) groups is 4. The van der Waals surface area contributed by atoms with Crippen LogP contribution >= 0.6 is 0 Å². The Morgan fingerprint density at radius 3 is 2.33 bits per heavy atom. The first-order chi connectivity index (χ1) is 27.6. The zero-order valence-corrected chi connectivity index (χ0v) is 32.6. The summed E-state index contributed by atoms with van der Waals surface area (Å²) in [6, 6.07) is 29.9. The third kappa shape index (κ3) is 7.40. The number of aliphatic hydroxyl groups is 1. The molecule has 0 unspecified atom stereocenters. The molecule has 7 rings (SSSR count). The van der Waals surface area contributed by atoms with E-state index in [1.807, 2.05) is 110 Å². The molecule has 3 aliphatic rings. The molecule has 0 saturated carbocycles. The van der Waals surface area contributed by atoms with Crippen LogP contribution in [0.4, 0.5) is 5.69 Å². The molecule has 1 N–H and O–H groups in total. The number of likely N-dealkylation sites (N-methyl/N-ethyl adjacent to an activating group) is 1. The molecule has 0 radical (unpaired) electrons. The van der Waals surface area contributed by atoms with Gasteiger partial charge in [0.2, 0.25) is 11.8 Å². The molecule has 8 atom stereocenters. The van der Waals surface area contributed by atoms with Gasteiger partial charge in [0.05, 0.1) is 36.6 Å². The first kappa shape index (κ1) is 39.6. The number of anilines is 1. The van der Waals surface area contributed by atoms with Gasteiger partial charge in [-0.3, -0.25) is 19.2 Å². The van der Waals surface area contributed by atoms with Crippen molar-refractivity contribution in [2.45, 2.75) is 75.0 Å². The zero-order valence-electron chi connectivity index (χ0n) is 32.6. The summed E-state index contributed by atoms with van der Waals surface area (Å²) in [5.74, 6) is -3.60. The normalized spacial score (nSPS) is 23.7. The summed E-state index contributed by atoms with van der Waals surface area (Å²) in [5, 5.41) is 13.0. The first-order valence-electron chi connectivity index (χ1n) is 19.8. The molecule has 296 valence electrons. The summed E-state index contributed by atoms with van der Waals surface area (Å²) < 4.78 is 13.2. The van der Waals surface area contributed by atoms with E-state index in [0.29, 0.717) is 30.5 Å². The average molecular weight is 770 g/mol. The number of nitrogens with zero attached hydrogens (tertiary/aromatic N) is 3. The van der Waals surface area contributed by atoms with Gasteiger partial charge in [-0.1, -0.05) is 103 Å². The molecule has 1 spiro atoms. The number of rotatable bonds is 16. The topological polar surface area (TPSA) is 117 Å². The molecule has 3 aliphatic heterocycles. The number of esters is 1. The number of allylic oxidation sites excluding steroid dienone is 1. The maximum Gasteiger partial charge on any atom is 0.313 e. The van der Waals surface area contributed by atoms with Crippen molar-refractivity contribution in [2.75, 3.05) is 25.1 Å². The number of ether oxygens (including phenoxy) is 2. The Kier molecular flexibility index (Phi) is 11.7. The third-order valence-corrected chi connectivity index (χ3v) is 12.2. The molecule has 3 heterocycles. The van der Waals surface area contributed by atoms with E-state index < -0.39 is 66.3 Å². The lowest BCUT2D eigenvalue weighted by atomic mass is 9.70. The first-order valence-corrected chi connectivity index (χ1v) is 19.8. The van der Waals surface area contributed by atoms with Crippen LogP contribution in [0.2, 0.25) is 0 Å². The lowest BCUT2D eigenvalue weighted by Gasteiger charge is -2.39. The summed E-state index contributed by atoms with van der Waals surface area (Å²) in [7, 11) is 1.69. The van der Waals surface area contributed by atoms with Gasteiger partial charge in [0, 0.05) is 25.7 Å². The van der Waals surface area contributed by atoms with Gasteiger partial charge < -0.3 is 29.3 Å². The monoisotopic (exact) mass is 769 g/mol. The van der Waals surface area contributed by atoms with E-state index in [9.17, 15) is 14.7 Å². The number of hydrogen-bond acceptors (Lipinski definition) is 7. The van der Waals surface area contributed by atoms with Crippen LogP contribution in [0.25, 0.3) is 10.8 Å². The van der Waals surface area contributed by atoms with Crippen LogP contribution in [0.5, 0.6) is 0 Å². The number of benzene rings is 4. The predicted molar refractivity (Wildman–Crippen MR) is 219 cm³/mol. The number of aliphatic hydroxyl groups excluding tert-OH is 1. The van der Waals surface area contributed by atoms with Gasteiger partial charge in [0.1, 0.15) is 17.7 Å². The van der Waals surface area contributed by atoms with E-state index in [4.69, 9.17) is 9.47 Å². The summed E-state index contributed by atoms with van der Waals surface area (Å²) in [4.78, 5) is 63.1. The van der Waals surface area contributed by atoms with Gasteiger partial charge in [-0.15, -0.1) is 13.2 Å². The minimum Gasteiger partial charge on any atom is -0.455 e. The molecule has 3 fully saturated rings. The largest absolute Gasteiger partial charge is 0.455 e. The molecule has 10 nitrogen and oxygen atoms in total. The van der Waals surface area contributed by atoms with E-state index in [0.717, 1.165) is 16.3 Å². The molecule has 2 bridgehead atoms. The molecule has 0 aromatic heterocycles. The average Bonchev–Trinajstić information content (AvgIpc) is 3.90. The maximum absolute atomic E-state index is 15.3. The van der Waals surface area contributed by atoms with Crippen LogP contribution in [0.1, 0.15) is 49.8 Å². The summed E-state index contributed by atoms with van der Waals surface area (Å²) in [6.07, 6.45) is 3.68. The molecule has 3 amide bonds. The van der Waals surface area contributed by atoms with E-state index in [-0.39, 0.29) is 31.2 Å². The second-order valence-corrected chi connectivity index (χ2v) is 15.4. The van der Waals surface area contributed by atoms with Crippen molar-refractivity contribution in [3.8, 4) is 0 Å². The fourth-order valence-corrected chi connectivity index (χ4v) is 9.24. The van der Waals surface area contributed by atoms with E-state index in [1.54, 1.807) is 29.0 Å². The van der Waals surface area contributed by atoms with Crippen molar-refractivity contribution < 1.29 is 33.8 Å². The standard InChI is InChI=1S/C47H51N3O7/c1-5-7-22-39(52)48(4)31(3)42(34-19-12-9-13-20-34)56-46(55)40-38-25-26-47(57-38)41(40)44(53)50(37(30-51)28-32-16-10-8-11-17-32)43(47)45(54)49(27-6-2)36-24-23-33-18-14-15-21-35(33)29-36/h5-6,8-21,23-24,29,31,37-38,40-43,51H,1-2,7,22,25-28,30H2,3-4H3/t31-,37+,38+,40-,41-,42+,43+,47-/m0/s1. The van der Waals surface area contributed by atoms with Gasteiger partial charge in [0.25, 0.3) is 5.91 Å². The van der Waals surface area contributed by atoms with Crippen molar-refractivity contribution in [1.29, 1.82) is 0 Å². The van der Waals surface area contributed by atoms with Crippen molar-refractivity contribution in [2.24, 2.45) is 11.8 Å². The second kappa shape index (κ2) is 16.9. The molecule has 10 heteroatoms. The van der Waals surface area contributed by atoms with Crippen molar-refractivity contribution in [3.05, 3.63) is 140 Å². The fourth-order valence-electron chi connectivity index (χ4n) is 9.24. The van der Waals surface area contributed by atoms with E-state index in [1.165, 1.54) is 4.90 Å². The summed E-state index contributed by atoms with van der Waals surface area (Å²) >= 11 is 0. The highest BCUT2D eigenvalue weighted by Gasteiger charge is 2.76. The minimum atomic E-state index is -1.35. The highest BCUT2D eigenvalue weighted by Crippen LogP contribution is 2.59. The Morgan fingerprint density at radius 1 is 0.965 bits per heavy atom. The Balaban J connectivity index is 1.27. The van der Waals surface area contributed by atoms with Crippen LogP contribution in [-0.2, 0) is 35.1 Å². The Bertz CT molecular complexity index is 2130. The number of amides is 3. The van der Waals surface area contributed by atoms with Crippen molar-refractivity contribution >= 4 is 40.2 Å². The maximum atomic E-state index is 15.3. The fraction of sp³-hybridized carbons (Fsp3) is 0.362. The number of carbonyl (C=O) groups excluding carboxylic acids is 4. The van der Waals surface area contributed by atoms with Crippen molar-refractivity contribution in [1.82, 2.24) is 9.80 Å². The third-order valence-electron chi connectivity index (χ3n) is 12.2. The Labute approximate surface area is 334 Å². The van der Waals surface area contributed by atoms with Crippen LogP contribution in [0, 0.1) is 11.8 Å². The molecular weight excluding hydrogens is 719 g/mol. The lowest BCUT2D eigenvalue weighted by molar-refractivity contribution is -0.165. The van der Waals surface area contributed by atoms with E-state index >= 15 is 9.59 Å². The van der Waals surface area contributed by atoms with Crippen molar-refractivity contribution in [3.63, 3.8) is 0 Å². The molecule has 4 aromatic carbocycles. The zero-order chi connectivity index (χ0) is 40.3. The van der Waals surface area contributed by atoms with Crippen LogP contribution < -0.4 is 4.90 Å². The molecule has 4 aromatic rings. The predicted octanol–water partition coefficient (Wildman–Crippen LogP) is 6.43. The van der Waals surface area contributed by atoms with Gasteiger partial charge in [-0.2, -0.15) is 0 Å². The van der Waals surface area contributed by atoms with Crippen LogP contribution in [0.3, 0.4) is 0 Å². The highest BCUT2D eigenvalue weighted by atomic mass is 16.6. The van der Waals surface area contributed by atoms with Crippen LogP contribution in [-0.4, -0.2) is 88.6 Å². The minimum absolute atomic E-state index is 0.117. The van der Waals surface area contributed by atoms with Gasteiger partial charge >= 0.3 is 5.97 Å². The quantitative estimate of drug-likeness (QED) is 0.103. The second-order valence-electron chi connectivity index (χ2n) is 15.4. The van der Waals surface area contributed by atoms with Gasteiger partial charge in [-0.05, 0) is 66.6 Å². The number of fused-ring (bicyclic) bond motifs is 2. The van der Waals surface area contributed by atoms with Gasteiger partial charge in [0.15, 0.2) is 0 Å². The van der Waals surface area contributed by atoms with Crippen LogP contribution in [0.15, 0.2) is 128 Å². The van der Waals surface area contributed by atoms with Gasteiger partial charge in [-0.25, -0.2) is 0 Å². The number of likely N-dealkylation sites (tertiary alicyclic amines) is 1. The molecule has 3 saturated heterocycles. The molecular formula is C47H51N3O7. The summed E-state index contributed by atoms with van der Waals surface area (Å²) in [5.41, 5.74) is 0.861. The molecule has 57 heavy (non-hydrogen) atoms. The lowest BCUT2D eigenvalue weighted by Crippen LogP contribution is -2.59. The van der Waals surface area contributed by atoms with E-state index in [2.05, 4.69) is 13.2 Å². The SMILES string of the molecule is C=CCCC(=O)N(C)[C@@H](C)[C@@H](OC(=O)[C@@H]1[C@H]2C(=O)N([C@@H](CO)Cc3ccccc3)[C@H](C(=O)N(CC=C)c3ccc4ccccc4c3)[C@]23CC[C@H]1O3)c1ccccc1. The number of hydrogen-bond donors (Lipinski definition) is 1. The Hall–Kier alpha value is -5.58. The Morgan fingerprint density at radius 2 is 1.65 bits per heavy atom. The molecule has 0 aliphatic carbocycles. The smallest absolute Gasteiger partial charge is 0.313 e.